The van der Waals surface area contributed by atoms with E-state index >= 15 is 0 Å². The first-order valence-electron chi connectivity index (χ1n) is 9.47. The molecular formula is C19H23ClFN5O2. The maximum Gasteiger partial charge on any atom is 0.290 e. The van der Waals surface area contributed by atoms with Crippen LogP contribution in [0.2, 0.25) is 5.02 Å². The lowest BCUT2D eigenvalue weighted by Gasteiger charge is -2.42. The highest BCUT2D eigenvalue weighted by Gasteiger charge is 2.45. The SMILES string of the molecule is CC1=CC(C)(N2CCc3ncc(Cl)cc3C2)N=C(N2CC[C@@H](F)C2)C1[N+](=O)[O-]. The summed E-state index contributed by atoms with van der Waals surface area (Å²) in [6.07, 6.45) is 3.69. The Bertz CT molecular complexity index is 876. The first-order chi connectivity index (χ1) is 13.3. The molecule has 3 aliphatic rings. The van der Waals surface area contributed by atoms with E-state index in [4.69, 9.17) is 16.6 Å². The summed E-state index contributed by atoms with van der Waals surface area (Å²) >= 11 is 6.11. The highest BCUT2D eigenvalue weighted by atomic mass is 35.5. The molecule has 0 aliphatic carbocycles. The number of rotatable bonds is 2. The monoisotopic (exact) mass is 407 g/mol. The second-order valence-corrected chi connectivity index (χ2v) is 8.34. The van der Waals surface area contributed by atoms with Crippen molar-refractivity contribution in [1.29, 1.82) is 0 Å². The lowest BCUT2D eigenvalue weighted by atomic mass is 9.94. The Morgan fingerprint density at radius 1 is 1.43 bits per heavy atom. The smallest absolute Gasteiger partial charge is 0.290 e. The molecular weight excluding hydrogens is 385 g/mol. The first-order valence-corrected chi connectivity index (χ1v) is 9.84. The molecule has 1 aromatic heterocycles. The molecule has 0 amide bonds. The van der Waals surface area contributed by atoms with Crippen LogP contribution in [0.4, 0.5) is 4.39 Å². The quantitative estimate of drug-likeness (QED) is 0.428. The first kappa shape index (κ1) is 19.3. The summed E-state index contributed by atoms with van der Waals surface area (Å²) in [4.78, 5) is 24.6. The molecule has 150 valence electrons. The van der Waals surface area contributed by atoms with Crippen LogP contribution >= 0.6 is 11.6 Å². The number of fused-ring (bicyclic) bond motifs is 1. The van der Waals surface area contributed by atoms with Crippen molar-refractivity contribution in [3.8, 4) is 0 Å². The fourth-order valence-electron chi connectivity index (χ4n) is 4.41. The fraction of sp³-hybridized carbons (Fsp3) is 0.579. The minimum atomic E-state index is -1.02. The highest BCUT2D eigenvalue weighted by Crippen LogP contribution is 2.34. The minimum absolute atomic E-state index is 0.162. The standard InChI is InChI=1S/C19H23ClFN5O2/c1-12-8-19(2,25-6-4-16-13(10-25)7-14(20)9-22-16)23-18(17(12)26(27)28)24-5-3-15(21)11-24/h7-9,15,17H,3-6,10-11H2,1-2H3/t15-,17?,19?/m1/s1. The largest absolute Gasteiger partial charge is 0.351 e. The van der Waals surface area contributed by atoms with Gasteiger partial charge in [-0.05, 0) is 38.0 Å². The Balaban J connectivity index is 1.69. The van der Waals surface area contributed by atoms with Gasteiger partial charge < -0.3 is 4.90 Å². The summed E-state index contributed by atoms with van der Waals surface area (Å²) in [5, 5.41) is 12.3. The van der Waals surface area contributed by atoms with E-state index in [1.807, 2.05) is 19.1 Å². The van der Waals surface area contributed by atoms with Crippen molar-refractivity contribution in [2.45, 2.75) is 51.1 Å². The topological polar surface area (TPSA) is 74.9 Å². The molecule has 3 aliphatic heterocycles. The van der Waals surface area contributed by atoms with Crippen molar-refractivity contribution in [1.82, 2.24) is 14.8 Å². The third-order valence-corrected chi connectivity index (χ3v) is 6.04. The molecule has 7 nitrogen and oxygen atoms in total. The molecule has 1 aromatic rings. The Kier molecular flexibility index (Phi) is 4.87. The number of aliphatic imine (C=N–C) groups is 1. The second kappa shape index (κ2) is 7.08. The predicted molar refractivity (Wildman–Crippen MR) is 105 cm³/mol. The Morgan fingerprint density at radius 3 is 2.89 bits per heavy atom. The molecule has 4 rings (SSSR count). The normalized spacial score (nSPS) is 30.6. The van der Waals surface area contributed by atoms with Crippen molar-refractivity contribution >= 4 is 17.4 Å². The van der Waals surface area contributed by atoms with Crippen LogP contribution in [0, 0.1) is 10.1 Å². The Morgan fingerprint density at radius 2 is 2.21 bits per heavy atom. The number of halogens is 2. The number of pyridine rings is 1. The zero-order valence-electron chi connectivity index (χ0n) is 15.9. The molecule has 0 saturated carbocycles. The molecule has 1 fully saturated rings. The maximum absolute atomic E-state index is 13.8. The summed E-state index contributed by atoms with van der Waals surface area (Å²) in [5.41, 5.74) is 1.97. The predicted octanol–water partition coefficient (Wildman–Crippen LogP) is 2.86. The van der Waals surface area contributed by atoms with Gasteiger partial charge >= 0.3 is 0 Å². The van der Waals surface area contributed by atoms with E-state index in [9.17, 15) is 14.5 Å². The molecule has 4 heterocycles. The zero-order chi connectivity index (χ0) is 20.1. The summed E-state index contributed by atoms with van der Waals surface area (Å²) in [6, 6.07) is 0.892. The van der Waals surface area contributed by atoms with E-state index in [2.05, 4.69) is 9.88 Å². The van der Waals surface area contributed by atoms with Gasteiger partial charge in [0.2, 0.25) is 0 Å². The van der Waals surface area contributed by atoms with Gasteiger partial charge in [0.05, 0.1) is 11.6 Å². The van der Waals surface area contributed by atoms with E-state index in [0.717, 1.165) is 24.2 Å². The van der Waals surface area contributed by atoms with Crippen LogP contribution in [-0.4, -0.2) is 63.1 Å². The van der Waals surface area contributed by atoms with Crippen LogP contribution in [0.25, 0.3) is 0 Å². The summed E-state index contributed by atoms with van der Waals surface area (Å²) in [5.74, 6) is 0.364. The summed E-state index contributed by atoms with van der Waals surface area (Å²) in [7, 11) is 0. The number of amidine groups is 1. The highest BCUT2D eigenvalue weighted by molar-refractivity contribution is 6.30. The molecule has 28 heavy (non-hydrogen) atoms. The van der Waals surface area contributed by atoms with E-state index in [1.54, 1.807) is 18.0 Å². The number of hydrogen-bond donors (Lipinski definition) is 0. The van der Waals surface area contributed by atoms with Gasteiger partial charge in [0.1, 0.15) is 11.8 Å². The number of nitro groups is 1. The van der Waals surface area contributed by atoms with Crippen molar-refractivity contribution in [2.24, 2.45) is 4.99 Å². The number of hydrogen-bond acceptors (Lipinski definition) is 6. The van der Waals surface area contributed by atoms with Gasteiger partial charge in [0.25, 0.3) is 6.04 Å². The van der Waals surface area contributed by atoms with Gasteiger partial charge in [0, 0.05) is 48.4 Å². The molecule has 2 unspecified atom stereocenters. The third kappa shape index (κ3) is 3.39. The van der Waals surface area contributed by atoms with Gasteiger partial charge in [-0.15, -0.1) is 0 Å². The molecule has 0 aromatic carbocycles. The summed E-state index contributed by atoms with van der Waals surface area (Å²) in [6.45, 7) is 5.67. The molecule has 9 heteroatoms. The van der Waals surface area contributed by atoms with Crippen LogP contribution in [0.15, 0.2) is 28.9 Å². The van der Waals surface area contributed by atoms with Gasteiger partial charge in [-0.2, -0.15) is 0 Å². The minimum Gasteiger partial charge on any atom is -0.351 e. The van der Waals surface area contributed by atoms with Crippen molar-refractivity contribution in [3.05, 3.63) is 50.3 Å². The van der Waals surface area contributed by atoms with Gasteiger partial charge in [-0.3, -0.25) is 20.0 Å². The van der Waals surface area contributed by atoms with E-state index < -0.39 is 17.9 Å². The number of nitrogens with zero attached hydrogens (tertiary/aromatic N) is 5. The van der Waals surface area contributed by atoms with Gasteiger partial charge in [-0.1, -0.05) is 11.6 Å². The fourth-order valence-corrected chi connectivity index (χ4v) is 4.60. The van der Waals surface area contributed by atoms with E-state index in [0.29, 0.717) is 35.9 Å². The molecule has 0 radical (unpaired) electrons. The lowest BCUT2D eigenvalue weighted by Crippen LogP contribution is -2.54. The van der Waals surface area contributed by atoms with Crippen molar-refractivity contribution in [3.63, 3.8) is 0 Å². The molecule has 3 atom stereocenters. The third-order valence-electron chi connectivity index (χ3n) is 5.83. The number of dihydropyridines is 1. The van der Waals surface area contributed by atoms with Crippen molar-refractivity contribution in [2.75, 3.05) is 19.6 Å². The number of alkyl halides is 1. The second-order valence-electron chi connectivity index (χ2n) is 7.90. The van der Waals surface area contributed by atoms with Crippen LogP contribution in [0.5, 0.6) is 0 Å². The Hall–Kier alpha value is -2.06. The average Bonchev–Trinajstić information content (AvgIpc) is 3.06. The van der Waals surface area contributed by atoms with E-state index in [-0.39, 0.29) is 11.5 Å². The van der Waals surface area contributed by atoms with Crippen LogP contribution in [0.1, 0.15) is 31.5 Å². The maximum atomic E-state index is 13.8. The molecule has 0 N–H and O–H groups in total. The van der Waals surface area contributed by atoms with Gasteiger partial charge in [-0.25, -0.2) is 9.38 Å². The number of likely N-dealkylation sites (tertiary alicyclic amines) is 1. The lowest BCUT2D eigenvalue weighted by molar-refractivity contribution is -0.494. The van der Waals surface area contributed by atoms with Crippen molar-refractivity contribution < 1.29 is 9.31 Å². The molecule has 0 spiro atoms. The van der Waals surface area contributed by atoms with Crippen LogP contribution in [-0.2, 0) is 13.0 Å². The zero-order valence-corrected chi connectivity index (χ0v) is 16.7. The van der Waals surface area contributed by atoms with Crippen LogP contribution < -0.4 is 0 Å². The number of aromatic nitrogens is 1. The Labute approximate surface area is 168 Å². The summed E-state index contributed by atoms with van der Waals surface area (Å²) < 4.78 is 13.8. The molecule has 1 saturated heterocycles. The van der Waals surface area contributed by atoms with Crippen LogP contribution in [0.3, 0.4) is 0 Å². The van der Waals surface area contributed by atoms with Gasteiger partial charge in [0.15, 0.2) is 5.84 Å². The molecule has 0 bridgehead atoms. The average molecular weight is 408 g/mol. The van der Waals surface area contributed by atoms with E-state index in [1.165, 1.54) is 0 Å².